The molecule has 1 amide bonds. The maximum Gasteiger partial charge on any atom is 0.220 e. The van der Waals surface area contributed by atoms with E-state index < -0.39 is 0 Å². The van der Waals surface area contributed by atoms with Gasteiger partial charge in [-0.05, 0) is 37.0 Å². The molecule has 1 aliphatic carbocycles. The number of amides is 1. The van der Waals surface area contributed by atoms with Gasteiger partial charge >= 0.3 is 0 Å². The zero-order valence-corrected chi connectivity index (χ0v) is 13.9. The normalized spacial score (nSPS) is 15.0. The molecular formula is C18H22ClN3O. The number of carbonyl (C=O) groups excluding carboxylic acids is 1. The van der Waals surface area contributed by atoms with Gasteiger partial charge < -0.3 is 5.32 Å². The molecule has 1 aromatic heterocycles. The highest BCUT2D eigenvalue weighted by Gasteiger charge is 2.16. The zero-order valence-electron chi connectivity index (χ0n) is 13.2. The van der Waals surface area contributed by atoms with Crippen LogP contribution in [-0.4, -0.2) is 21.7 Å². The highest BCUT2D eigenvalue weighted by atomic mass is 35.5. The van der Waals surface area contributed by atoms with Gasteiger partial charge in [-0.15, -0.1) is 0 Å². The van der Waals surface area contributed by atoms with E-state index in [0.717, 1.165) is 42.0 Å². The number of aromatic nitrogens is 2. The molecular weight excluding hydrogens is 310 g/mol. The molecule has 0 bridgehead atoms. The molecule has 5 heteroatoms. The van der Waals surface area contributed by atoms with Crippen molar-refractivity contribution in [2.24, 2.45) is 0 Å². The monoisotopic (exact) mass is 331 g/mol. The molecule has 3 rings (SSSR count). The Morgan fingerprint density at radius 1 is 1.22 bits per heavy atom. The van der Waals surface area contributed by atoms with Crippen LogP contribution in [0.15, 0.2) is 36.7 Å². The van der Waals surface area contributed by atoms with E-state index in [0.29, 0.717) is 12.5 Å². The van der Waals surface area contributed by atoms with Crippen molar-refractivity contribution in [1.29, 1.82) is 0 Å². The van der Waals surface area contributed by atoms with Gasteiger partial charge in [0, 0.05) is 35.8 Å². The van der Waals surface area contributed by atoms with Crippen LogP contribution in [0.4, 0.5) is 0 Å². The summed E-state index contributed by atoms with van der Waals surface area (Å²) in [5.41, 5.74) is 2.16. The molecule has 0 radical (unpaired) electrons. The lowest BCUT2D eigenvalue weighted by Crippen LogP contribution is -2.32. The van der Waals surface area contributed by atoms with E-state index >= 15 is 0 Å². The molecule has 4 nitrogen and oxygen atoms in total. The van der Waals surface area contributed by atoms with Crippen LogP contribution in [0.2, 0.25) is 5.02 Å². The van der Waals surface area contributed by atoms with Gasteiger partial charge in [0.25, 0.3) is 0 Å². The summed E-state index contributed by atoms with van der Waals surface area (Å²) in [5.74, 6) is 0.169. The van der Waals surface area contributed by atoms with Gasteiger partial charge in [0.15, 0.2) is 0 Å². The molecule has 2 aromatic rings. The van der Waals surface area contributed by atoms with Crippen molar-refractivity contribution in [2.45, 2.75) is 51.1 Å². The Bertz CT molecular complexity index is 645. The molecule has 1 aromatic carbocycles. The molecule has 1 fully saturated rings. The Kier molecular flexibility index (Phi) is 5.34. The number of hydrogen-bond donors (Lipinski definition) is 1. The van der Waals surface area contributed by atoms with Crippen molar-refractivity contribution in [3.8, 4) is 11.1 Å². The number of halogens is 1. The molecule has 1 heterocycles. The highest BCUT2D eigenvalue weighted by molar-refractivity contribution is 6.30. The predicted molar refractivity (Wildman–Crippen MR) is 92.3 cm³/mol. The van der Waals surface area contributed by atoms with Crippen molar-refractivity contribution in [2.75, 3.05) is 0 Å². The Hall–Kier alpha value is -1.81. The van der Waals surface area contributed by atoms with Gasteiger partial charge in [-0.3, -0.25) is 9.48 Å². The van der Waals surface area contributed by atoms with E-state index in [-0.39, 0.29) is 5.91 Å². The number of nitrogens with zero attached hydrogens (tertiary/aromatic N) is 2. The molecule has 0 spiro atoms. The number of aryl methyl sites for hydroxylation is 1. The summed E-state index contributed by atoms with van der Waals surface area (Å²) in [5, 5.41) is 8.22. The van der Waals surface area contributed by atoms with E-state index in [9.17, 15) is 4.79 Å². The molecule has 0 unspecified atom stereocenters. The van der Waals surface area contributed by atoms with Gasteiger partial charge in [0.05, 0.1) is 6.20 Å². The minimum atomic E-state index is 0.169. The molecule has 0 aliphatic heterocycles. The maximum absolute atomic E-state index is 11.9. The molecule has 1 saturated carbocycles. The summed E-state index contributed by atoms with van der Waals surface area (Å²) in [6, 6.07) is 8.13. The number of hydrogen-bond acceptors (Lipinski definition) is 2. The van der Waals surface area contributed by atoms with Crippen molar-refractivity contribution in [3.63, 3.8) is 0 Å². The second-order valence-corrected chi connectivity index (χ2v) is 6.59. The minimum Gasteiger partial charge on any atom is -0.353 e. The lowest BCUT2D eigenvalue weighted by Gasteiger charge is -2.11. The van der Waals surface area contributed by atoms with E-state index in [4.69, 9.17) is 11.6 Å². The minimum absolute atomic E-state index is 0.169. The third-order valence-corrected chi connectivity index (χ3v) is 4.57. The van der Waals surface area contributed by atoms with E-state index in [1.165, 1.54) is 12.8 Å². The second-order valence-electron chi connectivity index (χ2n) is 6.15. The molecule has 122 valence electrons. The van der Waals surface area contributed by atoms with Crippen LogP contribution in [0, 0.1) is 0 Å². The summed E-state index contributed by atoms with van der Waals surface area (Å²) >= 11 is 5.90. The van der Waals surface area contributed by atoms with Crippen LogP contribution < -0.4 is 5.32 Å². The van der Waals surface area contributed by atoms with E-state index in [2.05, 4.69) is 10.4 Å². The number of rotatable bonds is 6. The SMILES string of the molecule is O=C(CCCn1cc(-c2ccc(Cl)cc2)cn1)NC1CCCC1. The first kappa shape index (κ1) is 16.1. The topological polar surface area (TPSA) is 46.9 Å². The third kappa shape index (κ3) is 4.58. The summed E-state index contributed by atoms with van der Waals surface area (Å²) in [6.07, 6.45) is 9.98. The van der Waals surface area contributed by atoms with Crippen LogP contribution in [0.5, 0.6) is 0 Å². The van der Waals surface area contributed by atoms with Gasteiger partial charge in [0.2, 0.25) is 5.91 Å². The van der Waals surface area contributed by atoms with Crippen LogP contribution in [-0.2, 0) is 11.3 Å². The third-order valence-electron chi connectivity index (χ3n) is 4.32. The first-order valence-electron chi connectivity index (χ1n) is 8.28. The van der Waals surface area contributed by atoms with Crippen molar-refractivity contribution >= 4 is 17.5 Å². The maximum atomic E-state index is 11.9. The standard InChI is InChI=1S/C18H22ClN3O/c19-16-9-7-14(8-10-16)15-12-20-22(13-15)11-3-6-18(23)21-17-4-1-2-5-17/h7-10,12-13,17H,1-6,11H2,(H,21,23). The average Bonchev–Trinajstić information content (AvgIpc) is 3.20. The van der Waals surface area contributed by atoms with Crippen molar-refractivity contribution < 1.29 is 4.79 Å². The Balaban J connectivity index is 1.45. The first-order chi connectivity index (χ1) is 11.2. The van der Waals surface area contributed by atoms with Gasteiger partial charge in [-0.1, -0.05) is 36.6 Å². The van der Waals surface area contributed by atoms with Crippen LogP contribution >= 0.6 is 11.6 Å². The van der Waals surface area contributed by atoms with E-state index in [1.807, 2.05) is 41.3 Å². The van der Waals surface area contributed by atoms with Gasteiger partial charge in [0.1, 0.15) is 0 Å². The van der Waals surface area contributed by atoms with Gasteiger partial charge in [-0.2, -0.15) is 5.10 Å². The predicted octanol–water partition coefficient (Wildman–Crippen LogP) is 4.04. The fourth-order valence-corrected chi connectivity index (χ4v) is 3.17. The fraction of sp³-hybridized carbons (Fsp3) is 0.444. The highest BCUT2D eigenvalue weighted by Crippen LogP contribution is 2.21. The summed E-state index contributed by atoms with van der Waals surface area (Å²) < 4.78 is 1.90. The zero-order chi connectivity index (χ0) is 16.1. The Labute approximate surface area is 141 Å². The number of carbonyl (C=O) groups is 1. The molecule has 0 atom stereocenters. The summed E-state index contributed by atoms with van der Waals surface area (Å²) in [6.45, 7) is 0.756. The summed E-state index contributed by atoms with van der Waals surface area (Å²) in [7, 11) is 0. The number of benzene rings is 1. The van der Waals surface area contributed by atoms with Crippen molar-refractivity contribution in [3.05, 3.63) is 41.7 Å². The van der Waals surface area contributed by atoms with Crippen LogP contribution in [0.1, 0.15) is 38.5 Å². The number of nitrogens with one attached hydrogen (secondary N) is 1. The molecule has 0 saturated heterocycles. The Morgan fingerprint density at radius 2 is 1.96 bits per heavy atom. The Morgan fingerprint density at radius 3 is 2.70 bits per heavy atom. The van der Waals surface area contributed by atoms with E-state index in [1.54, 1.807) is 0 Å². The second kappa shape index (κ2) is 7.64. The van der Waals surface area contributed by atoms with Crippen molar-refractivity contribution in [1.82, 2.24) is 15.1 Å². The summed E-state index contributed by atoms with van der Waals surface area (Å²) in [4.78, 5) is 11.9. The first-order valence-corrected chi connectivity index (χ1v) is 8.66. The largest absolute Gasteiger partial charge is 0.353 e. The lowest BCUT2D eigenvalue weighted by atomic mass is 10.1. The average molecular weight is 332 g/mol. The smallest absolute Gasteiger partial charge is 0.220 e. The molecule has 23 heavy (non-hydrogen) atoms. The van der Waals surface area contributed by atoms with Crippen LogP contribution in [0.25, 0.3) is 11.1 Å². The van der Waals surface area contributed by atoms with Gasteiger partial charge in [-0.25, -0.2) is 0 Å². The van der Waals surface area contributed by atoms with Crippen LogP contribution in [0.3, 0.4) is 0 Å². The fourth-order valence-electron chi connectivity index (χ4n) is 3.05. The quantitative estimate of drug-likeness (QED) is 0.868. The lowest BCUT2D eigenvalue weighted by molar-refractivity contribution is -0.121. The molecule has 1 aliphatic rings. The molecule has 1 N–H and O–H groups in total.